The average Bonchev–Trinajstić information content (AvgIpc) is 3.96. The maximum absolute atomic E-state index is 13.0. The molecular weight excluding hydrogens is 726 g/mol. The van der Waals surface area contributed by atoms with E-state index in [0.29, 0.717) is 52.6 Å². The summed E-state index contributed by atoms with van der Waals surface area (Å²) in [5, 5.41) is 2.97. The van der Waals surface area contributed by atoms with Crippen LogP contribution in [0.3, 0.4) is 0 Å². The lowest BCUT2D eigenvalue weighted by molar-refractivity contribution is -0.126. The summed E-state index contributed by atoms with van der Waals surface area (Å²) in [7, 11) is -4.10. The Morgan fingerprint density at radius 3 is 1.96 bits per heavy atom. The number of ether oxygens (including phenoxy) is 2. The standard InChI is InChI=1S/C25H31ClN2O7S.C12H13N3O2/c26-21-10-12-23(13-11-21)28(22-4-2-1-3-5-22)25(30)35-17-20-8-6-19(7-9-20)16-34-18-24(29)27-14-15-36(31,32)33;16-9-7-8(13-1-2-13)12(17)11(15-5-6-15)10(9)14-3-4-14/h1-5,10-13,19-20H,6-9,14-18H2,(H,27,29)(H,31,32,33);7H,1-6H2. The lowest BCUT2D eigenvalue weighted by Crippen LogP contribution is -2.33. The van der Waals surface area contributed by atoms with E-state index in [0.717, 1.165) is 65.0 Å². The number of carbonyl (C=O) groups is 4. The third-order valence-corrected chi connectivity index (χ3v) is 10.4. The number of benzene rings is 2. The topological polar surface area (TPSA) is 165 Å². The second-order valence-electron chi connectivity index (χ2n) is 13.6. The summed E-state index contributed by atoms with van der Waals surface area (Å²) in [6.07, 6.45) is 4.63. The third kappa shape index (κ3) is 11.0. The average molecular weight is 770 g/mol. The van der Waals surface area contributed by atoms with Crippen molar-refractivity contribution in [3.05, 3.63) is 82.8 Å². The molecule has 3 heterocycles. The predicted octanol–water partition coefficient (Wildman–Crippen LogP) is 3.62. The number of para-hydroxylation sites is 1. The number of carbonyl (C=O) groups excluding carboxylic acids is 4. The SMILES string of the molecule is O=C(COCC1CCC(COC(=O)N(c2ccccc2)c2ccc(Cl)cc2)CC1)NCCS(=O)(=O)O.O=C1C=C(N2CC2)C(=O)C(N2CC2)=C1N1CC1. The van der Waals surface area contributed by atoms with Crippen LogP contribution in [0.5, 0.6) is 0 Å². The van der Waals surface area contributed by atoms with Gasteiger partial charge in [-0.15, -0.1) is 0 Å². The molecule has 0 aromatic heterocycles. The molecule has 0 bridgehead atoms. The van der Waals surface area contributed by atoms with Gasteiger partial charge in [0.15, 0.2) is 0 Å². The fourth-order valence-electron chi connectivity index (χ4n) is 6.31. The highest BCUT2D eigenvalue weighted by atomic mass is 35.5. The minimum atomic E-state index is -4.10. The zero-order chi connectivity index (χ0) is 37.5. The van der Waals surface area contributed by atoms with E-state index in [9.17, 15) is 27.6 Å². The van der Waals surface area contributed by atoms with Crippen LogP contribution in [-0.2, 0) is 34.0 Å². The summed E-state index contributed by atoms with van der Waals surface area (Å²) >= 11 is 6.01. The first-order valence-electron chi connectivity index (χ1n) is 17.8. The van der Waals surface area contributed by atoms with E-state index < -0.39 is 27.9 Å². The van der Waals surface area contributed by atoms with E-state index >= 15 is 0 Å². The zero-order valence-electron chi connectivity index (χ0n) is 29.3. The number of hydrogen-bond donors (Lipinski definition) is 2. The van der Waals surface area contributed by atoms with Crippen LogP contribution in [0.2, 0.25) is 5.02 Å². The Bertz CT molecular complexity index is 1830. The molecule has 2 aromatic carbocycles. The van der Waals surface area contributed by atoms with Gasteiger partial charge in [-0.3, -0.25) is 18.9 Å². The number of ketones is 2. The Kier molecular flexibility index (Phi) is 12.4. The molecule has 7 rings (SSSR count). The lowest BCUT2D eigenvalue weighted by atomic mass is 9.83. The third-order valence-electron chi connectivity index (χ3n) is 9.45. The fraction of sp³-hybridized carbons (Fsp3) is 0.459. The Labute approximate surface area is 314 Å². The molecule has 5 aliphatic rings. The van der Waals surface area contributed by atoms with Crippen LogP contribution in [0.4, 0.5) is 16.2 Å². The van der Waals surface area contributed by atoms with Crippen LogP contribution in [-0.4, -0.2) is 123 Å². The second-order valence-corrected chi connectivity index (χ2v) is 15.7. The van der Waals surface area contributed by atoms with Crippen LogP contribution < -0.4 is 10.2 Å². The molecule has 0 unspecified atom stereocenters. The van der Waals surface area contributed by atoms with Crippen LogP contribution in [0.1, 0.15) is 25.7 Å². The van der Waals surface area contributed by atoms with E-state index in [-0.39, 0.29) is 30.6 Å². The number of anilines is 2. The van der Waals surface area contributed by atoms with Crippen molar-refractivity contribution in [1.82, 2.24) is 20.0 Å². The van der Waals surface area contributed by atoms with Crippen molar-refractivity contribution in [3.63, 3.8) is 0 Å². The van der Waals surface area contributed by atoms with Gasteiger partial charge in [0.1, 0.15) is 18.0 Å². The summed E-state index contributed by atoms with van der Waals surface area (Å²) < 4.78 is 41.1. The van der Waals surface area contributed by atoms with Gasteiger partial charge >= 0.3 is 6.09 Å². The molecule has 2 aromatic rings. The van der Waals surface area contributed by atoms with Crippen LogP contribution in [0.25, 0.3) is 0 Å². The monoisotopic (exact) mass is 769 g/mol. The molecule has 2 amide bonds. The number of halogens is 1. The maximum atomic E-state index is 13.0. The molecule has 16 heteroatoms. The number of rotatable bonds is 14. The van der Waals surface area contributed by atoms with Gasteiger partial charge in [0.25, 0.3) is 10.1 Å². The van der Waals surface area contributed by atoms with Crippen LogP contribution in [0, 0.1) is 11.8 Å². The molecule has 53 heavy (non-hydrogen) atoms. The number of amides is 2. The highest BCUT2D eigenvalue weighted by Gasteiger charge is 2.43. The number of Topliss-reactive ketones (excluding diaryl/α,β-unsaturated/α-hetero) is 1. The summed E-state index contributed by atoms with van der Waals surface area (Å²) in [5.41, 5.74) is 3.25. The molecule has 0 spiro atoms. The molecule has 2 aliphatic carbocycles. The lowest BCUT2D eigenvalue weighted by Gasteiger charge is -2.29. The fourth-order valence-corrected chi connectivity index (χ4v) is 6.80. The molecule has 3 saturated heterocycles. The largest absolute Gasteiger partial charge is 0.449 e. The van der Waals surface area contributed by atoms with E-state index in [1.807, 2.05) is 45.0 Å². The van der Waals surface area contributed by atoms with Gasteiger partial charge in [-0.2, -0.15) is 8.42 Å². The van der Waals surface area contributed by atoms with E-state index in [2.05, 4.69) is 5.32 Å². The van der Waals surface area contributed by atoms with Crippen molar-refractivity contribution < 1.29 is 41.6 Å². The number of allylic oxidation sites excluding steroid dienone is 1. The van der Waals surface area contributed by atoms with Gasteiger partial charge in [0, 0.05) is 56.9 Å². The van der Waals surface area contributed by atoms with E-state index in [4.69, 9.17) is 25.6 Å². The summed E-state index contributed by atoms with van der Waals surface area (Å²) in [4.78, 5) is 56.7. The van der Waals surface area contributed by atoms with Gasteiger partial charge in [-0.05, 0) is 73.9 Å². The van der Waals surface area contributed by atoms with Gasteiger partial charge < -0.3 is 29.5 Å². The van der Waals surface area contributed by atoms with Crippen molar-refractivity contribution in [3.8, 4) is 0 Å². The van der Waals surface area contributed by atoms with Crippen molar-refractivity contribution in [2.75, 3.05) is 76.3 Å². The number of nitrogens with zero attached hydrogens (tertiary/aromatic N) is 4. The van der Waals surface area contributed by atoms with Crippen molar-refractivity contribution >= 4 is 56.7 Å². The molecule has 0 atom stereocenters. The van der Waals surface area contributed by atoms with Crippen molar-refractivity contribution in [2.24, 2.45) is 11.8 Å². The quantitative estimate of drug-likeness (QED) is 0.163. The normalized spacial score (nSPS) is 20.6. The van der Waals surface area contributed by atoms with Gasteiger partial charge in [-0.1, -0.05) is 29.8 Å². The van der Waals surface area contributed by atoms with Gasteiger partial charge in [-0.25, -0.2) is 9.69 Å². The molecule has 2 N–H and O–H groups in total. The molecule has 284 valence electrons. The first-order chi connectivity index (χ1) is 25.5. The molecule has 1 saturated carbocycles. The van der Waals surface area contributed by atoms with Crippen molar-refractivity contribution in [2.45, 2.75) is 25.7 Å². The molecular formula is C37H44ClN5O9S. The van der Waals surface area contributed by atoms with Crippen LogP contribution >= 0.6 is 11.6 Å². The predicted molar refractivity (Wildman–Crippen MR) is 197 cm³/mol. The Hall–Kier alpha value is -4.44. The second kappa shape index (κ2) is 17.1. The Morgan fingerprint density at radius 1 is 0.811 bits per heavy atom. The van der Waals surface area contributed by atoms with E-state index in [1.165, 1.54) is 11.0 Å². The summed E-state index contributed by atoms with van der Waals surface area (Å²) in [6.45, 7) is 5.83. The molecule has 3 aliphatic heterocycles. The summed E-state index contributed by atoms with van der Waals surface area (Å²) in [5.74, 6) is -0.361. The smallest absolute Gasteiger partial charge is 0.418 e. The first-order valence-corrected chi connectivity index (χ1v) is 19.8. The van der Waals surface area contributed by atoms with Crippen molar-refractivity contribution in [1.29, 1.82) is 0 Å². The zero-order valence-corrected chi connectivity index (χ0v) is 30.9. The molecule has 0 radical (unpaired) electrons. The number of hydrogen-bond acceptors (Lipinski definition) is 11. The highest BCUT2D eigenvalue weighted by Crippen LogP contribution is 2.34. The highest BCUT2D eigenvalue weighted by molar-refractivity contribution is 7.85. The van der Waals surface area contributed by atoms with Gasteiger partial charge in [0.05, 0.1) is 36.0 Å². The Balaban J connectivity index is 0.000000231. The molecule has 14 nitrogen and oxygen atoms in total. The van der Waals surface area contributed by atoms with Gasteiger partial charge in [0.2, 0.25) is 17.5 Å². The first kappa shape index (κ1) is 38.3. The molecule has 4 fully saturated rings. The summed E-state index contributed by atoms with van der Waals surface area (Å²) in [6, 6.07) is 16.3. The minimum absolute atomic E-state index is 0.00546. The maximum Gasteiger partial charge on any atom is 0.418 e. The minimum Gasteiger partial charge on any atom is -0.449 e. The van der Waals surface area contributed by atoms with E-state index in [1.54, 1.807) is 24.3 Å². The van der Waals surface area contributed by atoms with Crippen LogP contribution in [0.15, 0.2) is 77.8 Å². The number of nitrogens with one attached hydrogen (secondary N) is 1. The Morgan fingerprint density at radius 2 is 1.38 bits per heavy atom.